The van der Waals surface area contributed by atoms with E-state index in [9.17, 15) is 0 Å². The van der Waals surface area contributed by atoms with Crippen molar-refractivity contribution in [2.75, 3.05) is 5.01 Å². The predicted octanol–water partition coefficient (Wildman–Crippen LogP) is 6.52. The van der Waals surface area contributed by atoms with Gasteiger partial charge in [-0.15, -0.1) is 0 Å². The van der Waals surface area contributed by atoms with Crippen molar-refractivity contribution in [2.24, 2.45) is 5.10 Å². The van der Waals surface area contributed by atoms with Crippen molar-refractivity contribution >= 4 is 52.9 Å². The number of rotatable bonds is 4. The van der Waals surface area contributed by atoms with E-state index >= 15 is 0 Å². The lowest BCUT2D eigenvalue weighted by molar-refractivity contribution is 1.09. The van der Waals surface area contributed by atoms with Crippen molar-refractivity contribution < 1.29 is 0 Å². The van der Waals surface area contributed by atoms with Gasteiger partial charge in [-0.2, -0.15) is 5.10 Å². The molecule has 0 saturated heterocycles. The molecule has 114 valence electrons. The van der Waals surface area contributed by atoms with Gasteiger partial charge in [0.2, 0.25) is 0 Å². The summed E-state index contributed by atoms with van der Waals surface area (Å²) in [6, 6.07) is 12.8. The first kappa shape index (κ1) is 16.9. The van der Waals surface area contributed by atoms with Gasteiger partial charge in [-0.1, -0.05) is 52.5 Å². The minimum absolute atomic E-state index is 0.507. The van der Waals surface area contributed by atoms with Crippen LogP contribution in [0, 0.1) is 0 Å². The minimum Gasteiger partial charge on any atom is -0.232 e. The highest BCUT2D eigenvalue weighted by Gasteiger charge is 2.17. The van der Waals surface area contributed by atoms with Gasteiger partial charge in [-0.05, 0) is 44.2 Å². The van der Waals surface area contributed by atoms with Crippen molar-refractivity contribution in [2.45, 2.75) is 13.8 Å². The summed E-state index contributed by atoms with van der Waals surface area (Å²) >= 11 is 18.2. The predicted molar refractivity (Wildman–Crippen MR) is 98.2 cm³/mol. The van der Waals surface area contributed by atoms with Gasteiger partial charge in [-0.25, -0.2) is 5.01 Å². The Hall–Kier alpha value is -1.48. The second kappa shape index (κ2) is 7.19. The number of benzene rings is 2. The molecule has 22 heavy (non-hydrogen) atoms. The Balaban J connectivity index is 2.57. The molecule has 2 aromatic carbocycles. The van der Waals surface area contributed by atoms with Crippen LogP contribution in [0.5, 0.6) is 0 Å². The molecule has 0 fully saturated rings. The monoisotopic (exact) mass is 352 g/mol. The number of allylic oxidation sites excluding steroid dienone is 1. The molecule has 0 saturated carbocycles. The average Bonchev–Trinajstić information content (AvgIpc) is 2.46. The third-order valence-corrected chi connectivity index (χ3v) is 3.87. The first-order valence-corrected chi connectivity index (χ1v) is 7.72. The van der Waals surface area contributed by atoms with Crippen molar-refractivity contribution in [3.05, 3.63) is 68.7 Å². The first-order valence-electron chi connectivity index (χ1n) is 6.59. The third-order valence-electron chi connectivity index (χ3n) is 3.08. The molecule has 2 rings (SSSR count). The van der Waals surface area contributed by atoms with Crippen LogP contribution in [0.4, 0.5) is 5.69 Å². The summed E-state index contributed by atoms with van der Waals surface area (Å²) in [5.74, 6) is 0. The van der Waals surface area contributed by atoms with Gasteiger partial charge in [0.05, 0.1) is 16.4 Å². The summed E-state index contributed by atoms with van der Waals surface area (Å²) in [6.45, 7) is 7.68. The largest absolute Gasteiger partial charge is 0.232 e. The first-order chi connectivity index (χ1) is 10.4. The zero-order valence-corrected chi connectivity index (χ0v) is 14.5. The molecule has 0 radical (unpaired) electrons. The molecule has 5 heteroatoms. The minimum atomic E-state index is 0.507. The lowest BCUT2D eigenvalue weighted by Gasteiger charge is -2.25. The fourth-order valence-electron chi connectivity index (χ4n) is 2.15. The SMILES string of the molecule is C=NN(C(=C(C)C)c1ccc(Cl)cc1)c1ccc(Cl)cc1Cl. The van der Waals surface area contributed by atoms with Gasteiger partial charge in [0.1, 0.15) is 0 Å². The summed E-state index contributed by atoms with van der Waals surface area (Å²) in [6.07, 6.45) is 0. The Morgan fingerprint density at radius 1 is 0.955 bits per heavy atom. The van der Waals surface area contributed by atoms with Crippen molar-refractivity contribution in [3.8, 4) is 0 Å². The van der Waals surface area contributed by atoms with E-state index in [1.807, 2.05) is 44.2 Å². The van der Waals surface area contributed by atoms with Crippen LogP contribution < -0.4 is 5.01 Å². The van der Waals surface area contributed by atoms with E-state index < -0.39 is 0 Å². The molecule has 0 unspecified atom stereocenters. The van der Waals surface area contributed by atoms with Crippen LogP contribution in [-0.2, 0) is 0 Å². The molecular formula is C17H15Cl3N2. The second-order valence-electron chi connectivity index (χ2n) is 4.90. The number of hydrazone groups is 1. The van der Waals surface area contributed by atoms with E-state index in [0.29, 0.717) is 20.8 Å². The lowest BCUT2D eigenvalue weighted by atomic mass is 10.1. The maximum absolute atomic E-state index is 6.31. The van der Waals surface area contributed by atoms with Gasteiger partial charge in [-0.3, -0.25) is 0 Å². The molecule has 0 amide bonds. The summed E-state index contributed by atoms with van der Waals surface area (Å²) in [5.41, 5.74) is 3.66. The Kier molecular flexibility index (Phi) is 5.52. The van der Waals surface area contributed by atoms with Crippen LogP contribution in [0.25, 0.3) is 5.70 Å². The Morgan fingerprint density at radius 2 is 1.55 bits per heavy atom. The quantitative estimate of drug-likeness (QED) is 0.451. The van der Waals surface area contributed by atoms with Crippen molar-refractivity contribution in [3.63, 3.8) is 0 Å². The Labute approximate surface area is 145 Å². The highest BCUT2D eigenvalue weighted by atomic mass is 35.5. The molecule has 0 bridgehead atoms. The molecule has 0 aromatic heterocycles. The van der Waals surface area contributed by atoms with Gasteiger partial charge >= 0.3 is 0 Å². The molecule has 0 aliphatic rings. The molecule has 2 nitrogen and oxygen atoms in total. The third kappa shape index (κ3) is 3.64. The van der Waals surface area contributed by atoms with Gasteiger partial charge < -0.3 is 0 Å². The van der Waals surface area contributed by atoms with E-state index in [-0.39, 0.29) is 0 Å². The maximum atomic E-state index is 6.31. The number of anilines is 1. The number of halogens is 3. The molecule has 0 aliphatic carbocycles. The smallest absolute Gasteiger partial charge is 0.0839 e. The number of hydrogen-bond acceptors (Lipinski definition) is 2. The highest BCUT2D eigenvalue weighted by molar-refractivity contribution is 6.36. The summed E-state index contributed by atoms with van der Waals surface area (Å²) < 4.78 is 0. The molecular weight excluding hydrogens is 339 g/mol. The van der Waals surface area contributed by atoms with Crippen LogP contribution in [-0.4, -0.2) is 6.72 Å². The van der Waals surface area contributed by atoms with Crippen molar-refractivity contribution in [1.82, 2.24) is 0 Å². The van der Waals surface area contributed by atoms with Gasteiger partial charge in [0, 0.05) is 22.3 Å². The van der Waals surface area contributed by atoms with Gasteiger partial charge in [0.15, 0.2) is 0 Å². The topological polar surface area (TPSA) is 15.6 Å². The molecule has 0 spiro atoms. The normalized spacial score (nSPS) is 10.2. The maximum Gasteiger partial charge on any atom is 0.0839 e. The average molecular weight is 354 g/mol. The summed E-state index contributed by atoms with van der Waals surface area (Å²) in [5, 5.41) is 7.60. The Morgan fingerprint density at radius 3 is 2.05 bits per heavy atom. The van der Waals surface area contributed by atoms with Crippen LogP contribution in [0.1, 0.15) is 19.4 Å². The van der Waals surface area contributed by atoms with Crippen LogP contribution >= 0.6 is 34.8 Å². The van der Waals surface area contributed by atoms with E-state index in [4.69, 9.17) is 34.8 Å². The molecule has 2 aromatic rings. The summed E-state index contributed by atoms with van der Waals surface area (Å²) in [4.78, 5) is 0. The van der Waals surface area contributed by atoms with Crippen molar-refractivity contribution in [1.29, 1.82) is 0 Å². The fraction of sp³-hybridized carbons (Fsp3) is 0.118. The summed E-state index contributed by atoms with van der Waals surface area (Å²) in [7, 11) is 0. The molecule has 0 atom stereocenters. The standard InChI is InChI=1S/C17H15Cl3N2/c1-11(2)17(12-4-6-13(18)7-5-12)22(21-3)16-9-8-14(19)10-15(16)20/h4-10H,3H2,1-2H3. The van der Waals surface area contributed by atoms with Crippen LogP contribution in [0.2, 0.25) is 15.1 Å². The fourth-order valence-corrected chi connectivity index (χ4v) is 2.77. The lowest BCUT2D eigenvalue weighted by Crippen LogP contribution is -2.15. The molecule has 0 heterocycles. The van der Waals surface area contributed by atoms with E-state index in [0.717, 1.165) is 16.8 Å². The van der Waals surface area contributed by atoms with E-state index in [1.165, 1.54) is 0 Å². The zero-order chi connectivity index (χ0) is 16.3. The van der Waals surface area contributed by atoms with Crippen LogP contribution in [0.15, 0.2) is 53.1 Å². The zero-order valence-electron chi connectivity index (χ0n) is 12.3. The number of nitrogens with zero attached hydrogens (tertiary/aromatic N) is 2. The van der Waals surface area contributed by atoms with Crippen LogP contribution in [0.3, 0.4) is 0 Å². The van der Waals surface area contributed by atoms with E-state index in [2.05, 4.69) is 11.8 Å². The number of hydrogen-bond donors (Lipinski definition) is 0. The second-order valence-corrected chi connectivity index (χ2v) is 6.18. The van der Waals surface area contributed by atoms with E-state index in [1.54, 1.807) is 17.1 Å². The Bertz CT molecular complexity index is 717. The molecule has 0 N–H and O–H groups in total. The molecule has 0 aliphatic heterocycles. The highest BCUT2D eigenvalue weighted by Crippen LogP contribution is 2.35. The van der Waals surface area contributed by atoms with Gasteiger partial charge in [0.25, 0.3) is 0 Å².